The van der Waals surface area contributed by atoms with Crippen molar-refractivity contribution in [3.8, 4) is 0 Å². The number of rotatable bonds is 2. The van der Waals surface area contributed by atoms with Crippen LogP contribution in [0.4, 0.5) is 0 Å². The number of hydrogen-bond donors (Lipinski definition) is 1. The Labute approximate surface area is 67.3 Å². The van der Waals surface area contributed by atoms with Crippen LogP contribution in [0.5, 0.6) is 0 Å². The molecule has 0 unspecified atom stereocenters. The van der Waals surface area contributed by atoms with Crippen LogP contribution in [0.2, 0.25) is 0 Å². The fourth-order valence-electron chi connectivity index (χ4n) is 1.13. The van der Waals surface area contributed by atoms with Gasteiger partial charge in [-0.15, -0.1) is 6.58 Å². The Kier molecular flexibility index (Phi) is 1.87. The summed E-state index contributed by atoms with van der Waals surface area (Å²) in [6.07, 6.45) is 3.73. The van der Waals surface area contributed by atoms with Gasteiger partial charge >= 0.3 is 0 Å². The molecule has 1 aromatic rings. The van der Waals surface area contributed by atoms with Crippen LogP contribution < -0.4 is 5.73 Å². The van der Waals surface area contributed by atoms with Crippen LogP contribution in [0.25, 0.3) is 0 Å². The molecule has 0 spiro atoms. The third kappa shape index (κ3) is 1.35. The summed E-state index contributed by atoms with van der Waals surface area (Å²) in [7, 11) is 1.98. The van der Waals surface area contributed by atoms with Crippen LogP contribution in [0.15, 0.2) is 31.0 Å². The minimum Gasteiger partial charge on any atom is -0.353 e. The van der Waals surface area contributed by atoms with E-state index in [-0.39, 0.29) is 0 Å². The zero-order valence-electron chi connectivity index (χ0n) is 7.04. The normalized spacial score (nSPS) is 15.9. The Hall–Kier alpha value is -1.02. The van der Waals surface area contributed by atoms with Crippen molar-refractivity contribution in [2.75, 3.05) is 0 Å². The summed E-state index contributed by atoms with van der Waals surface area (Å²) in [5.74, 6) is 0. The van der Waals surface area contributed by atoms with Gasteiger partial charge in [-0.2, -0.15) is 0 Å². The smallest absolute Gasteiger partial charge is 0.0717 e. The first-order chi connectivity index (χ1) is 5.08. The van der Waals surface area contributed by atoms with Gasteiger partial charge < -0.3 is 10.3 Å². The number of aromatic nitrogens is 1. The first-order valence-electron chi connectivity index (χ1n) is 3.62. The van der Waals surface area contributed by atoms with E-state index in [1.807, 2.05) is 36.9 Å². The molecule has 2 nitrogen and oxygen atoms in total. The molecule has 0 radical (unpaired) electrons. The second-order valence-corrected chi connectivity index (χ2v) is 2.99. The SMILES string of the molecule is C=C[C@](C)(N)c1cccn1C. The minimum atomic E-state index is -0.418. The molecule has 2 heteroatoms. The Balaban J connectivity index is 3.10. The van der Waals surface area contributed by atoms with Gasteiger partial charge in [-0.3, -0.25) is 0 Å². The second kappa shape index (κ2) is 2.55. The van der Waals surface area contributed by atoms with Crippen molar-refractivity contribution in [1.29, 1.82) is 0 Å². The van der Waals surface area contributed by atoms with E-state index in [1.54, 1.807) is 6.08 Å². The molecule has 0 fully saturated rings. The van der Waals surface area contributed by atoms with Crippen molar-refractivity contribution < 1.29 is 0 Å². The Bertz CT molecular complexity index is 258. The largest absolute Gasteiger partial charge is 0.353 e. The van der Waals surface area contributed by atoms with Crippen molar-refractivity contribution in [2.24, 2.45) is 12.8 Å². The van der Waals surface area contributed by atoms with Crippen LogP contribution in [0.3, 0.4) is 0 Å². The quantitative estimate of drug-likeness (QED) is 0.634. The van der Waals surface area contributed by atoms with E-state index in [1.165, 1.54) is 0 Å². The monoisotopic (exact) mass is 150 g/mol. The summed E-state index contributed by atoms with van der Waals surface area (Å²) in [6.45, 7) is 5.63. The molecule has 0 saturated carbocycles. The standard InChI is InChI=1S/C9H14N2/c1-4-9(2,10)8-6-5-7-11(8)3/h4-7H,1,10H2,2-3H3/t9-/m0/s1. The fraction of sp³-hybridized carbons (Fsp3) is 0.333. The van der Waals surface area contributed by atoms with Gasteiger partial charge in [0.25, 0.3) is 0 Å². The number of aryl methyl sites for hydroxylation is 1. The summed E-state index contributed by atoms with van der Waals surface area (Å²) in [5.41, 5.74) is 6.60. The summed E-state index contributed by atoms with van der Waals surface area (Å²) in [4.78, 5) is 0. The predicted octanol–water partition coefficient (Wildman–Crippen LogP) is 1.39. The van der Waals surface area contributed by atoms with Crippen molar-refractivity contribution >= 4 is 0 Å². The fourth-order valence-corrected chi connectivity index (χ4v) is 1.13. The molecule has 0 aliphatic carbocycles. The van der Waals surface area contributed by atoms with Gasteiger partial charge in [-0.25, -0.2) is 0 Å². The van der Waals surface area contributed by atoms with Gasteiger partial charge in [0.1, 0.15) is 0 Å². The zero-order valence-corrected chi connectivity index (χ0v) is 7.04. The lowest BCUT2D eigenvalue weighted by Crippen LogP contribution is -2.32. The Morgan fingerprint density at radius 2 is 2.36 bits per heavy atom. The van der Waals surface area contributed by atoms with Crippen LogP contribution in [0, 0.1) is 0 Å². The van der Waals surface area contributed by atoms with Gasteiger partial charge in [-0.05, 0) is 19.1 Å². The maximum Gasteiger partial charge on any atom is 0.0717 e. The Morgan fingerprint density at radius 3 is 2.73 bits per heavy atom. The molecular weight excluding hydrogens is 136 g/mol. The number of nitrogens with two attached hydrogens (primary N) is 1. The molecular formula is C9H14N2. The maximum absolute atomic E-state index is 5.94. The van der Waals surface area contributed by atoms with E-state index in [0.717, 1.165) is 5.69 Å². The summed E-state index contributed by atoms with van der Waals surface area (Å²) < 4.78 is 2.00. The lowest BCUT2D eigenvalue weighted by Gasteiger charge is -2.20. The van der Waals surface area contributed by atoms with E-state index < -0.39 is 5.54 Å². The molecule has 2 N–H and O–H groups in total. The maximum atomic E-state index is 5.94. The van der Waals surface area contributed by atoms with Gasteiger partial charge in [0.15, 0.2) is 0 Å². The third-order valence-corrected chi connectivity index (χ3v) is 1.92. The topological polar surface area (TPSA) is 30.9 Å². The van der Waals surface area contributed by atoms with E-state index >= 15 is 0 Å². The molecule has 0 saturated heterocycles. The van der Waals surface area contributed by atoms with E-state index in [9.17, 15) is 0 Å². The summed E-state index contributed by atoms with van der Waals surface area (Å²) in [5, 5.41) is 0. The Morgan fingerprint density at radius 1 is 1.73 bits per heavy atom. The molecule has 1 rings (SSSR count). The summed E-state index contributed by atoms with van der Waals surface area (Å²) >= 11 is 0. The number of hydrogen-bond acceptors (Lipinski definition) is 1. The molecule has 0 aromatic carbocycles. The van der Waals surface area contributed by atoms with Crippen LogP contribution in [-0.2, 0) is 12.6 Å². The van der Waals surface area contributed by atoms with E-state index in [2.05, 4.69) is 6.58 Å². The van der Waals surface area contributed by atoms with Gasteiger partial charge in [-0.1, -0.05) is 6.08 Å². The molecule has 11 heavy (non-hydrogen) atoms. The number of nitrogens with zero attached hydrogens (tertiary/aromatic N) is 1. The van der Waals surface area contributed by atoms with Crippen LogP contribution in [0.1, 0.15) is 12.6 Å². The molecule has 0 aliphatic rings. The van der Waals surface area contributed by atoms with E-state index in [4.69, 9.17) is 5.73 Å². The molecule has 0 amide bonds. The van der Waals surface area contributed by atoms with E-state index in [0.29, 0.717) is 0 Å². The highest BCUT2D eigenvalue weighted by Crippen LogP contribution is 2.17. The average Bonchev–Trinajstić information content (AvgIpc) is 2.36. The van der Waals surface area contributed by atoms with Crippen LogP contribution in [-0.4, -0.2) is 4.57 Å². The molecule has 1 heterocycles. The van der Waals surface area contributed by atoms with Crippen molar-refractivity contribution in [1.82, 2.24) is 4.57 Å². The van der Waals surface area contributed by atoms with Gasteiger partial charge in [0.05, 0.1) is 5.54 Å². The first-order valence-corrected chi connectivity index (χ1v) is 3.62. The predicted molar refractivity (Wildman–Crippen MR) is 47.1 cm³/mol. The first kappa shape index (κ1) is 8.08. The minimum absolute atomic E-state index is 0.418. The van der Waals surface area contributed by atoms with Crippen LogP contribution >= 0.6 is 0 Å². The molecule has 1 atom stereocenters. The van der Waals surface area contributed by atoms with Crippen molar-refractivity contribution in [3.63, 3.8) is 0 Å². The lowest BCUT2D eigenvalue weighted by atomic mass is 10.00. The zero-order chi connectivity index (χ0) is 8.48. The van der Waals surface area contributed by atoms with Crippen molar-refractivity contribution in [3.05, 3.63) is 36.7 Å². The highest BCUT2D eigenvalue weighted by atomic mass is 15.0. The molecule has 0 bridgehead atoms. The highest BCUT2D eigenvalue weighted by Gasteiger charge is 2.18. The molecule has 1 aromatic heterocycles. The second-order valence-electron chi connectivity index (χ2n) is 2.99. The van der Waals surface area contributed by atoms with Crippen molar-refractivity contribution in [2.45, 2.75) is 12.5 Å². The van der Waals surface area contributed by atoms with Gasteiger partial charge in [0.2, 0.25) is 0 Å². The lowest BCUT2D eigenvalue weighted by molar-refractivity contribution is 0.577. The average molecular weight is 150 g/mol. The molecule has 60 valence electrons. The highest BCUT2D eigenvalue weighted by molar-refractivity contribution is 5.21. The summed E-state index contributed by atoms with van der Waals surface area (Å²) in [6, 6.07) is 3.98. The molecule has 0 aliphatic heterocycles. The van der Waals surface area contributed by atoms with Gasteiger partial charge in [0, 0.05) is 18.9 Å². The third-order valence-electron chi connectivity index (χ3n) is 1.92.